The minimum absolute atomic E-state index is 0.227. The Morgan fingerprint density at radius 3 is 2.78 bits per heavy atom. The van der Waals surface area contributed by atoms with Gasteiger partial charge >= 0.3 is 146 Å². The summed E-state index contributed by atoms with van der Waals surface area (Å²) in [5, 5.41) is 8.97. The first-order valence-corrected chi connectivity index (χ1v) is 9.72. The maximum atomic E-state index is 13.5. The molecule has 118 valence electrons. The molecular formula is C17H16FN3SSe. The average Bonchev–Trinajstić information content (AvgIpc) is 2.55. The molecule has 23 heavy (non-hydrogen) atoms. The zero-order valence-corrected chi connectivity index (χ0v) is 15.1. The zero-order valence-electron chi connectivity index (χ0n) is 12.6. The molecule has 1 aliphatic heterocycles. The van der Waals surface area contributed by atoms with E-state index in [-0.39, 0.29) is 5.82 Å². The van der Waals surface area contributed by atoms with Gasteiger partial charge in [-0.3, -0.25) is 0 Å². The fourth-order valence-electron chi connectivity index (χ4n) is 2.28. The standard InChI is InChI=1S/C17H16FN3SSe/c1-11-2-5-13(6-3-11)19-17(22)21-20-15-8-9-23-16-7-4-12(18)10-14(15)16/h2-7,10H,8-9H2,1H3,(H2,19,21,22)/b20-15+. The molecule has 0 spiro atoms. The monoisotopic (exact) mass is 393 g/mol. The molecule has 0 aliphatic carbocycles. The van der Waals surface area contributed by atoms with Crippen molar-refractivity contribution in [3.63, 3.8) is 0 Å². The van der Waals surface area contributed by atoms with Crippen LogP contribution >= 0.6 is 12.2 Å². The second-order valence-electron chi connectivity index (χ2n) is 5.23. The number of aryl methyl sites for hydroxylation is 1. The van der Waals surface area contributed by atoms with Crippen LogP contribution in [0.2, 0.25) is 5.32 Å². The van der Waals surface area contributed by atoms with E-state index in [4.69, 9.17) is 12.2 Å². The number of halogens is 1. The first-order chi connectivity index (χ1) is 11.1. The summed E-state index contributed by atoms with van der Waals surface area (Å²) in [5.74, 6) is -0.227. The summed E-state index contributed by atoms with van der Waals surface area (Å²) in [6, 6.07) is 12.9. The number of hydrogen-bond donors (Lipinski definition) is 2. The molecule has 1 heterocycles. The van der Waals surface area contributed by atoms with Crippen LogP contribution in [0.1, 0.15) is 17.5 Å². The maximum absolute atomic E-state index is 13.5. The van der Waals surface area contributed by atoms with Gasteiger partial charge in [0.05, 0.1) is 0 Å². The Morgan fingerprint density at radius 2 is 2.00 bits per heavy atom. The van der Waals surface area contributed by atoms with E-state index in [1.54, 1.807) is 6.07 Å². The van der Waals surface area contributed by atoms with Gasteiger partial charge in [0, 0.05) is 0 Å². The van der Waals surface area contributed by atoms with Crippen LogP contribution < -0.4 is 15.2 Å². The van der Waals surface area contributed by atoms with E-state index in [0.717, 1.165) is 28.7 Å². The third-order valence-corrected chi connectivity index (χ3v) is 5.90. The summed E-state index contributed by atoms with van der Waals surface area (Å²) < 4.78 is 14.7. The number of nitrogens with zero attached hydrogens (tertiary/aromatic N) is 1. The summed E-state index contributed by atoms with van der Waals surface area (Å²) in [6.45, 7) is 2.04. The van der Waals surface area contributed by atoms with Crippen molar-refractivity contribution in [2.75, 3.05) is 5.32 Å². The van der Waals surface area contributed by atoms with Crippen LogP contribution in [0.4, 0.5) is 10.1 Å². The number of rotatable bonds is 2. The molecule has 0 aromatic heterocycles. The van der Waals surface area contributed by atoms with Gasteiger partial charge in [0.25, 0.3) is 0 Å². The predicted molar refractivity (Wildman–Crippen MR) is 98.3 cm³/mol. The number of thiocarbonyl (C=S) groups is 1. The number of benzene rings is 2. The fourth-order valence-corrected chi connectivity index (χ4v) is 4.56. The van der Waals surface area contributed by atoms with Crippen molar-refractivity contribution < 1.29 is 4.39 Å². The van der Waals surface area contributed by atoms with Crippen LogP contribution in [0, 0.1) is 12.7 Å². The average molecular weight is 392 g/mol. The van der Waals surface area contributed by atoms with Crippen molar-refractivity contribution >= 4 is 48.1 Å². The molecular weight excluding hydrogens is 376 g/mol. The van der Waals surface area contributed by atoms with Crippen molar-refractivity contribution in [2.45, 2.75) is 18.7 Å². The molecule has 0 atom stereocenters. The van der Waals surface area contributed by atoms with Crippen LogP contribution in [0.25, 0.3) is 0 Å². The van der Waals surface area contributed by atoms with Crippen LogP contribution in [0.15, 0.2) is 47.6 Å². The summed E-state index contributed by atoms with van der Waals surface area (Å²) in [7, 11) is 0. The Hall–Kier alpha value is -1.75. The fraction of sp³-hybridized carbons (Fsp3) is 0.176. The van der Waals surface area contributed by atoms with Crippen LogP contribution in [-0.2, 0) is 0 Å². The molecule has 2 aromatic rings. The van der Waals surface area contributed by atoms with Gasteiger partial charge in [-0.1, -0.05) is 0 Å². The van der Waals surface area contributed by atoms with Gasteiger partial charge in [-0.15, -0.1) is 0 Å². The molecule has 1 aliphatic rings. The van der Waals surface area contributed by atoms with Crippen molar-refractivity contribution in [2.24, 2.45) is 5.10 Å². The Bertz CT molecular complexity index is 759. The van der Waals surface area contributed by atoms with Gasteiger partial charge in [0.2, 0.25) is 0 Å². The molecule has 0 bridgehead atoms. The van der Waals surface area contributed by atoms with Crippen molar-refractivity contribution in [1.82, 2.24) is 5.43 Å². The van der Waals surface area contributed by atoms with Gasteiger partial charge in [-0.2, -0.15) is 0 Å². The Balaban J connectivity index is 1.70. The normalized spacial score (nSPS) is 15.1. The topological polar surface area (TPSA) is 36.4 Å². The molecule has 0 saturated heterocycles. The first kappa shape index (κ1) is 16.1. The quantitative estimate of drug-likeness (QED) is 0.469. The number of nitrogens with one attached hydrogen (secondary N) is 2. The Labute approximate surface area is 146 Å². The number of hydrazone groups is 1. The summed E-state index contributed by atoms with van der Waals surface area (Å²) >= 11 is 5.65. The van der Waals surface area contributed by atoms with E-state index >= 15 is 0 Å². The van der Waals surface area contributed by atoms with Gasteiger partial charge in [-0.25, -0.2) is 0 Å². The molecule has 6 heteroatoms. The number of anilines is 1. The van der Waals surface area contributed by atoms with Gasteiger partial charge in [-0.05, 0) is 0 Å². The molecule has 2 aromatic carbocycles. The molecule has 0 unspecified atom stereocenters. The van der Waals surface area contributed by atoms with Crippen LogP contribution in [-0.4, -0.2) is 25.8 Å². The summed E-state index contributed by atoms with van der Waals surface area (Å²) in [5.41, 5.74) is 6.74. The SMILES string of the molecule is Cc1ccc(NC(=S)N/N=C2\CC[Se]c3ccc(F)cc32)cc1. The molecule has 0 radical (unpaired) electrons. The van der Waals surface area contributed by atoms with Gasteiger partial charge in [0.15, 0.2) is 0 Å². The van der Waals surface area contributed by atoms with E-state index in [1.165, 1.54) is 16.1 Å². The third kappa shape index (κ3) is 4.16. The number of hydrogen-bond acceptors (Lipinski definition) is 2. The van der Waals surface area contributed by atoms with Gasteiger partial charge < -0.3 is 0 Å². The van der Waals surface area contributed by atoms with E-state index in [1.807, 2.05) is 37.3 Å². The van der Waals surface area contributed by atoms with E-state index in [9.17, 15) is 4.39 Å². The van der Waals surface area contributed by atoms with Crippen molar-refractivity contribution in [3.05, 3.63) is 59.4 Å². The first-order valence-electron chi connectivity index (χ1n) is 7.25. The summed E-state index contributed by atoms with van der Waals surface area (Å²) in [4.78, 5) is 0. The van der Waals surface area contributed by atoms with Crippen LogP contribution in [0.3, 0.4) is 0 Å². The molecule has 3 rings (SSSR count). The van der Waals surface area contributed by atoms with Crippen LogP contribution in [0.5, 0.6) is 0 Å². The minimum atomic E-state index is -0.227. The Morgan fingerprint density at radius 1 is 1.22 bits per heavy atom. The zero-order chi connectivity index (χ0) is 16.2. The van der Waals surface area contributed by atoms with Crippen molar-refractivity contribution in [1.29, 1.82) is 0 Å². The van der Waals surface area contributed by atoms with Crippen molar-refractivity contribution in [3.8, 4) is 0 Å². The van der Waals surface area contributed by atoms with E-state index in [0.29, 0.717) is 20.1 Å². The second kappa shape index (κ2) is 7.21. The second-order valence-corrected chi connectivity index (χ2v) is 8.02. The van der Waals surface area contributed by atoms with E-state index in [2.05, 4.69) is 15.8 Å². The number of fused-ring (bicyclic) bond motifs is 1. The van der Waals surface area contributed by atoms with Gasteiger partial charge in [0.1, 0.15) is 0 Å². The van der Waals surface area contributed by atoms with E-state index < -0.39 is 0 Å². The summed E-state index contributed by atoms with van der Waals surface area (Å²) in [6.07, 6.45) is 0.844. The Kier molecular flexibility index (Phi) is 5.06. The third-order valence-electron chi connectivity index (χ3n) is 3.45. The molecule has 0 amide bonds. The molecule has 2 N–H and O–H groups in total. The molecule has 0 fully saturated rings. The molecule has 3 nitrogen and oxygen atoms in total. The molecule has 0 saturated carbocycles. The predicted octanol–water partition coefficient (Wildman–Crippen LogP) is 2.98.